The van der Waals surface area contributed by atoms with E-state index >= 15 is 0 Å². The van der Waals surface area contributed by atoms with Gasteiger partial charge in [0.2, 0.25) is 0 Å². The molecule has 0 unspecified atom stereocenters. The summed E-state index contributed by atoms with van der Waals surface area (Å²) in [7, 11) is 0. The summed E-state index contributed by atoms with van der Waals surface area (Å²) in [5.41, 5.74) is -0.303. The van der Waals surface area contributed by atoms with Crippen molar-refractivity contribution in [2.75, 3.05) is 0 Å². The lowest BCUT2D eigenvalue weighted by Crippen LogP contribution is -2.04. The highest BCUT2D eigenvalue weighted by atomic mass is 16.4. The summed E-state index contributed by atoms with van der Waals surface area (Å²) in [5, 5.41) is 23.6. The molecule has 0 rings (SSSR count). The molecule has 0 aliphatic heterocycles. The van der Waals surface area contributed by atoms with E-state index in [4.69, 9.17) is 15.5 Å². The average Bonchev–Trinajstić information content (AvgIpc) is 2.03. The number of aliphatic carboxylic acids is 2. The highest BCUT2D eigenvalue weighted by Gasteiger charge is 2.07. The van der Waals surface area contributed by atoms with Crippen LogP contribution in [0.5, 0.6) is 0 Å². The van der Waals surface area contributed by atoms with Gasteiger partial charge in [0.25, 0.3) is 0 Å². The molecule has 0 amide bonds. The van der Waals surface area contributed by atoms with Crippen LogP contribution < -0.4 is 0 Å². The molecule has 0 saturated heterocycles. The molecule has 0 aromatic heterocycles. The van der Waals surface area contributed by atoms with E-state index in [2.05, 4.69) is 13.2 Å². The lowest BCUT2D eigenvalue weighted by Gasteiger charge is -1.91. The number of rotatable bonds is 3. The summed E-state index contributed by atoms with van der Waals surface area (Å²) >= 11 is 0. The van der Waals surface area contributed by atoms with Gasteiger partial charge in [0.05, 0.1) is 12.5 Å². The van der Waals surface area contributed by atoms with Gasteiger partial charge >= 0.3 is 11.9 Å². The molecule has 70 valence electrons. The van der Waals surface area contributed by atoms with Gasteiger partial charge in [-0.25, -0.2) is 4.79 Å². The first-order valence-electron chi connectivity index (χ1n) is 3.09. The van der Waals surface area contributed by atoms with Crippen LogP contribution in [0.3, 0.4) is 0 Å². The first kappa shape index (κ1) is 13.5. The molecule has 0 aromatic rings. The summed E-state index contributed by atoms with van der Waals surface area (Å²) in [4.78, 5) is 19.7. The lowest BCUT2D eigenvalue weighted by molar-refractivity contribution is -0.139. The highest BCUT2D eigenvalue weighted by molar-refractivity contribution is 5.91. The van der Waals surface area contributed by atoms with Crippen molar-refractivity contribution < 1.29 is 19.8 Å². The van der Waals surface area contributed by atoms with Gasteiger partial charge in [-0.05, 0) is 0 Å². The smallest absolute Gasteiger partial charge is 0.331 e. The third-order valence-corrected chi connectivity index (χ3v) is 0.758. The quantitative estimate of drug-likeness (QED) is 0.498. The maximum atomic E-state index is 9.87. The Morgan fingerprint density at radius 3 is 1.92 bits per heavy atom. The van der Waals surface area contributed by atoms with Crippen molar-refractivity contribution in [3.05, 3.63) is 24.8 Å². The number of allylic oxidation sites excluding steroid dienone is 1. The van der Waals surface area contributed by atoms with Crippen molar-refractivity contribution in [2.24, 2.45) is 0 Å². The Morgan fingerprint density at radius 2 is 1.85 bits per heavy atom. The predicted octanol–water partition coefficient (Wildman–Crippen LogP) is 0.798. The molecule has 0 bridgehead atoms. The van der Waals surface area contributed by atoms with Crippen LogP contribution in [-0.2, 0) is 9.59 Å². The summed E-state index contributed by atoms with van der Waals surface area (Å²) in [5.74, 6) is -2.44. The Bertz CT molecular complexity index is 262. The maximum Gasteiger partial charge on any atom is 0.331 e. The van der Waals surface area contributed by atoms with Gasteiger partial charge in [0.1, 0.15) is 0 Å². The van der Waals surface area contributed by atoms with Gasteiger partial charge in [-0.1, -0.05) is 13.2 Å². The molecule has 5 nitrogen and oxygen atoms in total. The van der Waals surface area contributed by atoms with Crippen molar-refractivity contribution in [1.82, 2.24) is 0 Å². The van der Waals surface area contributed by atoms with Crippen LogP contribution in [0.4, 0.5) is 0 Å². The molecule has 13 heavy (non-hydrogen) atoms. The minimum absolute atomic E-state index is 0.303. The topological polar surface area (TPSA) is 98.4 Å². The maximum absolute atomic E-state index is 9.87. The second kappa shape index (κ2) is 8.01. The van der Waals surface area contributed by atoms with Crippen LogP contribution in [0.2, 0.25) is 0 Å². The first-order chi connectivity index (χ1) is 5.95. The zero-order valence-electron chi connectivity index (χ0n) is 6.86. The molecule has 0 aliphatic carbocycles. The van der Waals surface area contributed by atoms with Crippen LogP contribution in [0.25, 0.3) is 0 Å². The van der Waals surface area contributed by atoms with Crippen LogP contribution in [0.15, 0.2) is 24.8 Å². The van der Waals surface area contributed by atoms with Crippen LogP contribution in [0.1, 0.15) is 6.42 Å². The third-order valence-electron chi connectivity index (χ3n) is 0.758. The number of carboxylic acids is 2. The summed E-state index contributed by atoms with van der Waals surface area (Å²) in [6.45, 7) is 6.13. The SMILES string of the molecule is C=C(CC(=O)O)C(=O)O.C=CC#N. The molecule has 0 aromatic carbocycles. The lowest BCUT2D eigenvalue weighted by atomic mass is 10.2. The monoisotopic (exact) mass is 183 g/mol. The number of carbonyl (C=O) groups is 2. The second-order valence-corrected chi connectivity index (χ2v) is 1.81. The fourth-order valence-corrected chi connectivity index (χ4v) is 0.258. The molecular formula is C8H9NO4. The highest BCUT2D eigenvalue weighted by Crippen LogP contribution is 1.95. The van der Waals surface area contributed by atoms with Crippen molar-refractivity contribution in [3.63, 3.8) is 0 Å². The number of hydrogen-bond donors (Lipinski definition) is 2. The third kappa shape index (κ3) is 13.0. The van der Waals surface area contributed by atoms with Crippen molar-refractivity contribution in [3.8, 4) is 6.07 Å². The standard InChI is InChI=1S/C5H6O4.C3H3N/c1-3(5(8)9)2-4(6)7;1-2-3-4/h1-2H2,(H,6,7)(H,8,9);2H,1H2. The van der Waals surface area contributed by atoms with Crippen LogP contribution >= 0.6 is 0 Å². The Morgan fingerprint density at radius 1 is 1.46 bits per heavy atom. The molecule has 0 radical (unpaired) electrons. The normalized spacial score (nSPS) is 7.00. The van der Waals surface area contributed by atoms with Gasteiger partial charge in [-0.3, -0.25) is 4.79 Å². The Hall–Kier alpha value is -2.09. The summed E-state index contributed by atoms with van der Waals surface area (Å²) < 4.78 is 0. The predicted molar refractivity (Wildman–Crippen MR) is 44.8 cm³/mol. The van der Waals surface area contributed by atoms with Gasteiger partial charge in [0, 0.05) is 11.6 Å². The van der Waals surface area contributed by atoms with Crippen LogP contribution in [-0.4, -0.2) is 22.2 Å². The Kier molecular flexibility index (Phi) is 8.32. The van der Waals surface area contributed by atoms with E-state index in [1.807, 2.05) is 0 Å². The fourth-order valence-electron chi connectivity index (χ4n) is 0.258. The Balaban J connectivity index is 0. The zero-order valence-corrected chi connectivity index (χ0v) is 6.86. The van der Waals surface area contributed by atoms with Crippen LogP contribution in [0, 0.1) is 11.3 Å². The molecule has 0 spiro atoms. The molecule has 2 N–H and O–H groups in total. The molecular weight excluding hydrogens is 174 g/mol. The Labute approximate surface area is 75.2 Å². The summed E-state index contributed by atoms with van der Waals surface area (Å²) in [6, 6.07) is 1.69. The van der Waals surface area contributed by atoms with E-state index in [0.717, 1.165) is 0 Å². The molecule has 0 saturated carbocycles. The molecule has 0 atom stereocenters. The van der Waals surface area contributed by atoms with E-state index in [1.54, 1.807) is 6.07 Å². The second-order valence-electron chi connectivity index (χ2n) is 1.81. The van der Waals surface area contributed by atoms with Gasteiger partial charge in [-0.2, -0.15) is 5.26 Å². The van der Waals surface area contributed by atoms with Gasteiger partial charge in [0.15, 0.2) is 0 Å². The summed E-state index contributed by atoms with van der Waals surface area (Å²) in [6.07, 6.45) is 0.676. The minimum Gasteiger partial charge on any atom is -0.481 e. The molecule has 0 heterocycles. The van der Waals surface area contributed by atoms with E-state index in [0.29, 0.717) is 0 Å². The van der Waals surface area contributed by atoms with E-state index in [9.17, 15) is 9.59 Å². The molecule has 5 heteroatoms. The van der Waals surface area contributed by atoms with Crippen molar-refractivity contribution >= 4 is 11.9 Å². The number of hydrogen-bond acceptors (Lipinski definition) is 3. The van der Waals surface area contributed by atoms with Crippen molar-refractivity contribution in [1.29, 1.82) is 5.26 Å². The largest absolute Gasteiger partial charge is 0.481 e. The first-order valence-corrected chi connectivity index (χ1v) is 3.09. The number of carboxylic acid groups (broad SMARTS) is 2. The molecule has 0 aliphatic rings. The van der Waals surface area contributed by atoms with E-state index in [-0.39, 0.29) is 5.57 Å². The van der Waals surface area contributed by atoms with E-state index in [1.165, 1.54) is 6.08 Å². The number of nitriles is 1. The van der Waals surface area contributed by atoms with Gasteiger partial charge in [-0.15, -0.1) is 0 Å². The van der Waals surface area contributed by atoms with E-state index < -0.39 is 18.4 Å². The van der Waals surface area contributed by atoms with Crippen molar-refractivity contribution in [2.45, 2.75) is 6.42 Å². The zero-order chi connectivity index (χ0) is 10.9. The minimum atomic E-state index is -1.27. The van der Waals surface area contributed by atoms with Gasteiger partial charge < -0.3 is 10.2 Å². The number of nitrogens with zero attached hydrogens (tertiary/aromatic N) is 1. The average molecular weight is 183 g/mol. The fraction of sp³-hybridized carbons (Fsp3) is 0.125. The molecule has 0 fully saturated rings.